The van der Waals surface area contributed by atoms with Gasteiger partial charge in [0.2, 0.25) is 5.91 Å². The van der Waals surface area contributed by atoms with Crippen molar-refractivity contribution in [2.24, 2.45) is 5.73 Å². The van der Waals surface area contributed by atoms with Crippen molar-refractivity contribution in [3.63, 3.8) is 0 Å². The first-order chi connectivity index (χ1) is 11.3. The highest BCUT2D eigenvalue weighted by molar-refractivity contribution is 7.14. The van der Waals surface area contributed by atoms with Crippen LogP contribution in [0.3, 0.4) is 0 Å². The standard InChI is InChI=1S/C17H16N4O2S/c1-10-4-5-15(6-11(10)2)21(12(3)22)17-20-14(9-24-17)7-13(8-18)16(19)23/h4-7,9H,1-3H3,(H2,19,23). The van der Waals surface area contributed by atoms with E-state index in [1.807, 2.05) is 32.0 Å². The molecule has 0 aliphatic rings. The Morgan fingerprint density at radius 2 is 2.04 bits per heavy atom. The molecule has 6 nitrogen and oxygen atoms in total. The Morgan fingerprint density at radius 3 is 2.58 bits per heavy atom. The number of hydrogen-bond donors (Lipinski definition) is 1. The average molecular weight is 340 g/mol. The summed E-state index contributed by atoms with van der Waals surface area (Å²) in [5, 5.41) is 11.0. The third kappa shape index (κ3) is 3.67. The normalized spacial score (nSPS) is 11.0. The van der Waals surface area contributed by atoms with Gasteiger partial charge in [-0.15, -0.1) is 11.3 Å². The van der Waals surface area contributed by atoms with Gasteiger partial charge in [0.1, 0.15) is 11.6 Å². The lowest BCUT2D eigenvalue weighted by Crippen LogP contribution is -2.22. The van der Waals surface area contributed by atoms with Crippen molar-refractivity contribution in [1.82, 2.24) is 4.98 Å². The molecule has 0 bridgehead atoms. The summed E-state index contributed by atoms with van der Waals surface area (Å²) in [6.45, 7) is 5.42. The van der Waals surface area contributed by atoms with Gasteiger partial charge in [0.25, 0.3) is 5.91 Å². The first kappa shape index (κ1) is 17.4. The summed E-state index contributed by atoms with van der Waals surface area (Å²) >= 11 is 1.24. The zero-order valence-corrected chi connectivity index (χ0v) is 14.3. The fourth-order valence-electron chi connectivity index (χ4n) is 2.04. The highest BCUT2D eigenvalue weighted by Gasteiger charge is 2.18. The maximum absolute atomic E-state index is 12.1. The number of rotatable bonds is 4. The van der Waals surface area contributed by atoms with Crippen LogP contribution >= 0.6 is 11.3 Å². The monoisotopic (exact) mass is 340 g/mol. The SMILES string of the molecule is CC(=O)N(c1ccc(C)c(C)c1)c1nc(C=C(C#N)C(N)=O)cs1. The molecule has 24 heavy (non-hydrogen) atoms. The summed E-state index contributed by atoms with van der Waals surface area (Å²) in [5.74, 6) is -0.997. The number of nitriles is 1. The molecular weight excluding hydrogens is 324 g/mol. The van der Waals surface area contributed by atoms with Crippen molar-refractivity contribution >= 4 is 40.0 Å². The second kappa shape index (κ2) is 7.06. The summed E-state index contributed by atoms with van der Waals surface area (Å²) < 4.78 is 0. The van der Waals surface area contributed by atoms with Gasteiger partial charge in [0, 0.05) is 12.3 Å². The van der Waals surface area contributed by atoms with Crippen LogP contribution in [0, 0.1) is 25.2 Å². The van der Waals surface area contributed by atoms with E-state index in [1.165, 1.54) is 29.2 Å². The summed E-state index contributed by atoms with van der Waals surface area (Å²) in [7, 11) is 0. The number of hydrogen-bond acceptors (Lipinski definition) is 5. The Balaban J connectivity index is 2.44. The van der Waals surface area contributed by atoms with Crippen molar-refractivity contribution in [2.45, 2.75) is 20.8 Å². The van der Waals surface area contributed by atoms with Crippen LogP contribution in [0.5, 0.6) is 0 Å². The molecule has 7 heteroatoms. The van der Waals surface area contributed by atoms with Gasteiger partial charge in [0.15, 0.2) is 5.13 Å². The highest BCUT2D eigenvalue weighted by Crippen LogP contribution is 2.30. The molecule has 1 aromatic carbocycles. The Bertz CT molecular complexity index is 877. The average Bonchev–Trinajstić information content (AvgIpc) is 2.96. The number of nitrogens with two attached hydrogens (primary N) is 1. The van der Waals surface area contributed by atoms with E-state index in [4.69, 9.17) is 11.0 Å². The molecule has 122 valence electrons. The van der Waals surface area contributed by atoms with Crippen LogP contribution in [0.2, 0.25) is 0 Å². The lowest BCUT2D eigenvalue weighted by molar-refractivity contribution is -0.116. The van der Waals surface area contributed by atoms with Crippen LogP contribution in [0.4, 0.5) is 10.8 Å². The molecule has 0 fully saturated rings. The highest BCUT2D eigenvalue weighted by atomic mass is 32.1. The Kier molecular flexibility index (Phi) is 5.11. The fourth-order valence-corrected chi connectivity index (χ4v) is 2.89. The fraction of sp³-hybridized carbons (Fsp3) is 0.176. The van der Waals surface area contributed by atoms with E-state index in [-0.39, 0.29) is 11.5 Å². The van der Waals surface area contributed by atoms with Crippen LogP contribution in [0.25, 0.3) is 6.08 Å². The van der Waals surface area contributed by atoms with Crippen LogP contribution < -0.4 is 10.6 Å². The number of amides is 2. The molecule has 0 atom stereocenters. The van der Waals surface area contributed by atoms with Gasteiger partial charge in [-0.3, -0.25) is 14.5 Å². The molecule has 2 rings (SSSR count). The lowest BCUT2D eigenvalue weighted by atomic mass is 10.1. The number of aryl methyl sites for hydroxylation is 2. The summed E-state index contributed by atoms with van der Waals surface area (Å²) in [5.41, 5.74) is 8.24. The van der Waals surface area contributed by atoms with Crippen LogP contribution in [0.1, 0.15) is 23.7 Å². The second-order valence-corrected chi connectivity index (χ2v) is 6.05. The minimum Gasteiger partial charge on any atom is -0.365 e. The largest absolute Gasteiger partial charge is 0.365 e. The zero-order chi connectivity index (χ0) is 17.9. The third-order valence-electron chi connectivity index (χ3n) is 3.44. The van der Waals surface area contributed by atoms with Crippen molar-refractivity contribution in [3.8, 4) is 6.07 Å². The van der Waals surface area contributed by atoms with E-state index in [9.17, 15) is 9.59 Å². The van der Waals surface area contributed by atoms with Crippen molar-refractivity contribution in [1.29, 1.82) is 5.26 Å². The molecule has 0 spiro atoms. The number of nitrogens with zero attached hydrogens (tertiary/aromatic N) is 3. The molecule has 0 aliphatic heterocycles. The molecule has 0 saturated carbocycles. The predicted molar refractivity (Wildman–Crippen MR) is 93.6 cm³/mol. The number of carbonyl (C=O) groups excluding carboxylic acids is 2. The summed E-state index contributed by atoms with van der Waals surface area (Å²) in [6, 6.07) is 7.43. The van der Waals surface area contributed by atoms with E-state index in [0.29, 0.717) is 16.5 Å². The molecule has 0 aliphatic carbocycles. The van der Waals surface area contributed by atoms with E-state index < -0.39 is 5.91 Å². The minimum absolute atomic E-state index is 0.182. The Hall–Kier alpha value is -2.98. The molecule has 0 saturated heterocycles. The number of carbonyl (C=O) groups is 2. The first-order valence-corrected chi connectivity index (χ1v) is 7.96. The van der Waals surface area contributed by atoms with Crippen molar-refractivity contribution < 1.29 is 9.59 Å². The van der Waals surface area contributed by atoms with Crippen molar-refractivity contribution in [2.75, 3.05) is 4.90 Å². The zero-order valence-electron chi connectivity index (χ0n) is 13.5. The summed E-state index contributed by atoms with van der Waals surface area (Å²) in [6.07, 6.45) is 1.31. The number of benzene rings is 1. The van der Waals surface area contributed by atoms with E-state index >= 15 is 0 Å². The minimum atomic E-state index is -0.815. The molecule has 0 unspecified atom stereocenters. The predicted octanol–water partition coefficient (Wildman–Crippen LogP) is 2.84. The number of anilines is 2. The molecule has 1 aromatic heterocycles. The number of primary amides is 1. The first-order valence-electron chi connectivity index (χ1n) is 7.08. The second-order valence-electron chi connectivity index (χ2n) is 5.21. The van der Waals surface area contributed by atoms with Gasteiger partial charge in [-0.05, 0) is 43.2 Å². The Morgan fingerprint density at radius 1 is 1.33 bits per heavy atom. The van der Waals surface area contributed by atoms with Crippen molar-refractivity contribution in [3.05, 3.63) is 46.0 Å². The van der Waals surface area contributed by atoms with E-state index in [1.54, 1.807) is 11.4 Å². The molecule has 0 radical (unpaired) electrons. The summed E-state index contributed by atoms with van der Waals surface area (Å²) in [4.78, 5) is 29.0. The molecule has 2 aromatic rings. The van der Waals surface area contributed by atoms with Gasteiger partial charge >= 0.3 is 0 Å². The molecule has 1 heterocycles. The molecule has 2 N–H and O–H groups in total. The lowest BCUT2D eigenvalue weighted by Gasteiger charge is -2.19. The topological polar surface area (TPSA) is 100 Å². The molecule has 2 amide bonds. The van der Waals surface area contributed by atoms with Gasteiger partial charge in [0.05, 0.1) is 11.4 Å². The third-order valence-corrected chi connectivity index (χ3v) is 4.29. The Labute approximate surface area is 143 Å². The van der Waals surface area contributed by atoms with Gasteiger partial charge in [-0.25, -0.2) is 4.98 Å². The van der Waals surface area contributed by atoms with E-state index in [0.717, 1.165) is 11.1 Å². The number of aromatic nitrogens is 1. The van der Waals surface area contributed by atoms with Crippen LogP contribution in [-0.4, -0.2) is 16.8 Å². The van der Waals surface area contributed by atoms with Gasteiger partial charge < -0.3 is 5.73 Å². The van der Waals surface area contributed by atoms with Gasteiger partial charge in [-0.1, -0.05) is 6.07 Å². The quantitative estimate of drug-likeness (QED) is 0.683. The van der Waals surface area contributed by atoms with Gasteiger partial charge in [-0.2, -0.15) is 5.26 Å². The molecular formula is C17H16N4O2S. The number of thiazole rings is 1. The maximum Gasteiger partial charge on any atom is 0.259 e. The smallest absolute Gasteiger partial charge is 0.259 e. The maximum atomic E-state index is 12.1. The van der Waals surface area contributed by atoms with Crippen LogP contribution in [0.15, 0.2) is 29.2 Å². The van der Waals surface area contributed by atoms with E-state index in [2.05, 4.69) is 4.98 Å². The van der Waals surface area contributed by atoms with Crippen LogP contribution in [-0.2, 0) is 9.59 Å².